The molecule has 0 aliphatic rings. The fourth-order valence-electron chi connectivity index (χ4n) is 1.03. The molecule has 0 atom stereocenters. The van der Waals surface area contributed by atoms with E-state index in [0.29, 0.717) is 38.0 Å². The van der Waals surface area contributed by atoms with Crippen LogP contribution >= 0.6 is 0 Å². The third kappa shape index (κ3) is 9.21. The Morgan fingerprint density at radius 2 is 1.88 bits per heavy atom. The first-order valence-electron chi connectivity index (χ1n) is 5.23. The molecule has 0 spiro atoms. The Bertz CT molecular complexity index is 257. The molecule has 5 nitrogen and oxygen atoms in total. The highest BCUT2D eigenvalue weighted by Gasteiger charge is 1.98. The molecule has 0 aromatic rings. The quantitative estimate of drug-likeness (QED) is 0.465. The zero-order chi connectivity index (χ0) is 12.4. The second-order valence-corrected chi connectivity index (χ2v) is 3.44. The second kappa shape index (κ2) is 8.91. The molecule has 0 aliphatic carbocycles. The van der Waals surface area contributed by atoms with Crippen molar-refractivity contribution in [1.29, 1.82) is 0 Å². The Balaban J connectivity index is 3.31. The summed E-state index contributed by atoms with van der Waals surface area (Å²) >= 11 is 0. The van der Waals surface area contributed by atoms with Gasteiger partial charge in [-0.3, -0.25) is 4.79 Å². The van der Waals surface area contributed by atoms with Crippen molar-refractivity contribution in [3.05, 3.63) is 11.6 Å². The highest BCUT2D eigenvalue weighted by molar-refractivity contribution is 5.85. The minimum absolute atomic E-state index is 0.168. The summed E-state index contributed by atoms with van der Waals surface area (Å²) in [5.74, 6) is -1.71. The summed E-state index contributed by atoms with van der Waals surface area (Å²) in [4.78, 5) is 20.6. The van der Waals surface area contributed by atoms with E-state index < -0.39 is 11.9 Å². The highest BCUT2D eigenvalue weighted by atomic mass is 16.5. The summed E-state index contributed by atoms with van der Waals surface area (Å²) < 4.78 is 5.22. The average molecular weight is 230 g/mol. The van der Waals surface area contributed by atoms with E-state index in [0.717, 1.165) is 0 Å². The molecule has 5 heteroatoms. The molecule has 0 saturated carbocycles. The van der Waals surface area contributed by atoms with Crippen molar-refractivity contribution < 1.29 is 24.5 Å². The van der Waals surface area contributed by atoms with Crippen LogP contribution in [-0.4, -0.2) is 35.4 Å². The van der Waals surface area contributed by atoms with Crippen LogP contribution in [0.3, 0.4) is 0 Å². The summed E-state index contributed by atoms with van der Waals surface area (Å²) in [5, 5.41) is 16.9. The lowest BCUT2D eigenvalue weighted by molar-refractivity contribution is -0.137. The van der Waals surface area contributed by atoms with Gasteiger partial charge < -0.3 is 14.9 Å². The SMILES string of the molecule is CC(=CCCOCCCCC(=O)O)C(=O)O. The van der Waals surface area contributed by atoms with E-state index in [-0.39, 0.29) is 6.42 Å². The third-order valence-corrected chi connectivity index (χ3v) is 1.98. The molecular weight excluding hydrogens is 212 g/mol. The molecule has 2 N–H and O–H groups in total. The van der Waals surface area contributed by atoms with Gasteiger partial charge in [0.2, 0.25) is 0 Å². The van der Waals surface area contributed by atoms with E-state index in [9.17, 15) is 9.59 Å². The number of ether oxygens (including phenoxy) is 1. The van der Waals surface area contributed by atoms with Gasteiger partial charge in [0.05, 0.1) is 6.61 Å². The van der Waals surface area contributed by atoms with Gasteiger partial charge in [0, 0.05) is 18.6 Å². The molecule has 0 saturated heterocycles. The minimum atomic E-state index is -0.915. The molecule has 16 heavy (non-hydrogen) atoms. The molecule has 0 radical (unpaired) electrons. The molecule has 0 amide bonds. The van der Waals surface area contributed by atoms with Crippen molar-refractivity contribution >= 4 is 11.9 Å². The molecule has 0 unspecified atom stereocenters. The third-order valence-electron chi connectivity index (χ3n) is 1.98. The number of hydrogen-bond donors (Lipinski definition) is 2. The van der Waals surface area contributed by atoms with Crippen LogP contribution in [0, 0.1) is 0 Å². The number of carboxylic acid groups (broad SMARTS) is 2. The topological polar surface area (TPSA) is 83.8 Å². The van der Waals surface area contributed by atoms with Crippen LogP contribution in [0.1, 0.15) is 32.6 Å². The van der Waals surface area contributed by atoms with Crippen molar-refractivity contribution in [2.24, 2.45) is 0 Å². The number of unbranched alkanes of at least 4 members (excludes halogenated alkanes) is 1. The van der Waals surface area contributed by atoms with Crippen LogP contribution in [0.15, 0.2) is 11.6 Å². The molecule has 0 bridgehead atoms. The van der Waals surface area contributed by atoms with Gasteiger partial charge in [0.1, 0.15) is 0 Å². The summed E-state index contributed by atoms with van der Waals surface area (Å²) in [6.07, 6.45) is 3.67. The van der Waals surface area contributed by atoms with Gasteiger partial charge in [-0.15, -0.1) is 0 Å². The monoisotopic (exact) mass is 230 g/mol. The van der Waals surface area contributed by atoms with Crippen molar-refractivity contribution in [1.82, 2.24) is 0 Å². The van der Waals surface area contributed by atoms with E-state index in [1.165, 1.54) is 6.92 Å². The first-order chi connectivity index (χ1) is 7.54. The molecule has 0 heterocycles. The van der Waals surface area contributed by atoms with E-state index >= 15 is 0 Å². The fraction of sp³-hybridized carbons (Fsp3) is 0.636. The fourth-order valence-corrected chi connectivity index (χ4v) is 1.03. The molecule has 92 valence electrons. The minimum Gasteiger partial charge on any atom is -0.481 e. The Kier molecular flexibility index (Phi) is 8.15. The lowest BCUT2D eigenvalue weighted by Crippen LogP contribution is -2.00. The van der Waals surface area contributed by atoms with Gasteiger partial charge in [0.25, 0.3) is 0 Å². The number of aliphatic carboxylic acids is 2. The van der Waals surface area contributed by atoms with Crippen LogP contribution < -0.4 is 0 Å². The Morgan fingerprint density at radius 3 is 2.44 bits per heavy atom. The second-order valence-electron chi connectivity index (χ2n) is 3.44. The van der Waals surface area contributed by atoms with Gasteiger partial charge in [-0.25, -0.2) is 4.79 Å². The first-order valence-corrected chi connectivity index (χ1v) is 5.23. The van der Waals surface area contributed by atoms with Crippen molar-refractivity contribution in [2.45, 2.75) is 32.6 Å². The predicted molar refractivity (Wildman–Crippen MR) is 58.3 cm³/mol. The van der Waals surface area contributed by atoms with Gasteiger partial charge in [0.15, 0.2) is 0 Å². The number of rotatable bonds is 9. The van der Waals surface area contributed by atoms with Gasteiger partial charge in [-0.05, 0) is 26.2 Å². The molecule has 0 aromatic carbocycles. The summed E-state index contributed by atoms with van der Waals surface area (Å²) in [6.45, 7) is 2.53. The van der Waals surface area contributed by atoms with Crippen LogP contribution in [0.5, 0.6) is 0 Å². The average Bonchev–Trinajstić information content (AvgIpc) is 2.21. The number of carboxylic acids is 2. The highest BCUT2D eigenvalue weighted by Crippen LogP contribution is 1.98. The van der Waals surface area contributed by atoms with E-state index in [4.69, 9.17) is 14.9 Å². The lowest BCUT2D eigenvalue weighted by Gasteiger charge is -2.01. The van der Waals surface area contributed by atoms with Crippen molar-refractivity contribution in [3.63, 3.8) is 0 Å². The lowest BCUT2D eigenvalue weighted by atomic mass is 10.2. The summed E-state index contributed by atoms with van der Waals surface area (Å²) in [7, 11) is 0. The largest absolute Gasteiger partial charge is 0.481 e. The Labute approximate surface area is 94.7 Å². The number of hydrogen-bond acceptors (Lipinski definition) is 3. The maximum atomic E-state index is 10.4. The van der Waals surface area contributed by atoms with Crippen LogP contribution in [0.2, 0.25) is 0 Å². The Morgan fingerprint density at radius 1 is 1.19 bits per heavy atom. The van der Waals surface area contributed by atoms with E-state index in [1.54, 1.807) is 6.08 Å². The van der Waals surface area contributed by atoms with Gasteiger partial charge in [-0.1, -0.05) is 6.08 Å². The predicted octanol–water partition coefficient (Wildman–Crippen LogP) is 1.68. The summed E-state index contributed by atoms with van der Waals surface area (Å²) in [6, 6.07) is 0. The standard InChI is InChI=1S/C11H18O5/c1-9(11(14)15)5-4-8-16-7-3-2-6-10(12)13/h5H,2-4,6-8H2,1H3,(H,12,13)(H,14,15). The molecule has 0 aliphatic heterocycles. The van der Waals surface area contributed by atoms with Crippen LogP contribution in [0.4, 0.5) is 0 Å². The molecule has 0 aromatic heterocycles. The summed E-state index contributed by atoms with van der Waals surface area (Å²) in [5.41, 5.74) is 0.314. The van der Waals surface area contributed by atoms with Crippen molar-refractivity contribution in [3.8, 4) is 0 Å². The van der Waals surface area contributed by atoms with Gasteiger partial charge in [-0.2, -0.15) is 0 Å². The van der Waals surface area contributed by atoms with Crippen LogP contribution in [-0.2, 0) is 14.3 Å². The molecular formula is C11H18O5. The molecule has 0 fully saturated rings. The smallest absolute Gasteiger partial charge is 0.330 e. The zero-order valence-corrected chi connectivity index (χ0v) is 9.44. The molecule has 0 rings (SSSR count). The van der Waals surface area contributed by atoms with Crippen molar-refractivity contribution in [2.75, 3.05) is 13.2 Å². The first kappa shape index (κ1) is 14.6. The maximum absolute atomic E-state index is 10.4. The van der Waals surface area contributed by atoms with Crippen LogP contribution in [0.25, 0.3) is 0 Å². The Hall–Kier alpha value is -1.36. The number of carbonyl (C=O) groups is 2. The van der Waals surface area contributed by atoms with E-state index in [2.05, 4.69) is 0 Å². The zero-order valence-electron chi connectivity index (χ0n) is 9.44. The van der Waals surface area contributed by atoms with E-state index in [1.807, 2.05) is 0 Å². The maximum Gasteiger partial charge on any atom is 0.330 e. The van der Waals surface area contributed by atoms with Gasteiger partial charge >= 0.3 is 11.9 Å². The normalized spacial score (nSPS) is 11.4.